The summed E-state index contributed by atoms with van der Waals surface area (Å²) in [5, 5.41) is 19.5. The number of halogens is 1. The van der Waals surface area contributed by atoms with Gasteiger partial charge in [-0.3, -0.25) is 0 Å². The molecule has 1 aromatic heterocycles. The van der Waals surface area contributed by atoms with E-state index in [1.54, 1.807) is 0 Å². The van der Waals surface area contributed by atoms with Gasteiger partial charge in [0.25, 0.3) is 0 Å². The second-order valence-electron chi connectivity index (χ2n) is 17.0. The average molecular weight is 989 g/mol. The summed E-state index contributed by atoms with van der Waals surface area (Å²) in [6.07, 6.45) is 4.36. The van der Waals surface area contributed by atoms with Crippen molar-refractivity contribution in [3.8, 4) is 40.2 Å². The van der Waals surface area contributed by atoms with Gasteiger partial charge in [-0.2, -0.15) is 10.5 Å². The van der Waals surface area contributed by atoms with Gasteiger partial charge in [-0.25, -0.2) is 0 Å². The van der Waals surface area contributed by atoms with Crippen molar-refractivity contribution in [2.75, 3.05) is 9.80 Å². The second kappa shape index (κ2) is 21.9. The molecule has 0 bridgehead atoms. The van der Waals surface area contributed by atoms with Crippen molar-refractivity contribution in [1.29, 1.82) is 10.5 Å². The quantitative estimate of drug-likeness (QED) is 0.121. The summed E-state index contributed by atoms with van der Waals surface area (Å²) in [5.74, 6) is 0. The van der Waals surface area contributed by atoms with Gasteiger partial charge in [0.2, 0.25) is 0 Å². The van der Waals surface area contributed by atoms with Gasteiger partial charge in [-0.05, 0) is 150 Å². The van der Waals surface area contributed by atoms with Crippen molar-refractivity contribution >= 4 is 73.1 Å². The number of rotatable bonds is 11. The van der Waals surface area contributed by atoms with Crippen molar-refractivity contribution in [2.45, 2.75) is 0 Å². The summed E-state index contributed by atoms with van der Waals surface area (Å²) in [6.45, 7) is 0. The van der Waals surface area contributed by atoms with E-state index in [9.17, 15) is 5.26 Å². The molecule has 0 aliphatic rings. The summed E-state index contributed by atoms with van der Waals surface area (Å²) in [5.41, 5.74) is 16.9. The Hall–Kier alpha value is -9.46. The fraction of sp³-hybridized carbons (Fsp3) is 0. The van der Waals surface area contributed by atoms with Crippen LogP contribution in [0.2, 0.25) is 0 Å². The molecule has 0 saturated heterocycles. The van der Waals surface area contributed by atoms with Crippen molar-refractivity contribution in [3.63, 3.8) is 0 Å². The van der Waals surface area contributed by atoms with Crippen molar-refractivity contribution in [1.82, 2.24) is 4.57 Å². The standard InChI is InChI=1S/C47H33N3.C19H13BrN2/c48-34-37-25-30-43(31-26-37)49(40-17-9-3-10-18-40)42-28-23-35(24-29-42)21-22-36-27-32-44-45(33-36)50(41-19-11-4-12-20-41)47(39-15-7-2-8-16-39)46(44)38-13-5-1-6-14-38;20-16-8-12-19(13-9-16)22(17-4-2-1-3-5-17)18-10-6-15(14-21)7-11-18/h1-33H;1-13H/b22-21+;. The van der Waals surface area contributed by atoms with Crippen LogP contribution in [-0.4, -0.2) is 4.57 Å². The minimum Gasteiger partial charge on any atom is -0.311 e. The smallest absolute Gasteiger partial charge is 0.0991 e. The minimum atomic E-state index is 0.643. The van der Waals surface area contributed by atoms with Crippen LogP contribution in [0.5, 0.6) is 0 Å². The van der Waals surface area contributed by atoms with E-state index in [-0.39, 0.29) is 0 Å². The molecule has 342 valence electrons. The number of fused-ring (bicyclic) bond motifs is 1. The zero-order valence-corrected chi connectivity index (χ0v) is 40.8. The SMILES string of the molecule is N#Cc1ccc(N(c2ccccc2)c2ccc(/C=C/c3ccc4c(-c5ccccc5)c(-c5ccccc5)n(-c5ccccc5)c4c3)cc2)cc1.N#Cc1ccc(N(c2ccccc2)c2ccc(Br)cc2)cc1. The first kappa shape index (κ1) is 46.3. The zero-order chi connectivity index (χ0) is 49.1. The monoisotopic (exact) mass is 987 g/mol. The largest absolute Gasteiger partial charge is 0.311 e. The summed E-state index contributed by atoms with van der Waals surface area (Å²) in [4.78, 5) is 4.36. The van der Waals surface area contributed by atoms with Crippen LogP contribution in [0.25, 0.3) is 51.1 Å². The molecule has 0 aliphatic carbocycles. The van der Waals surface area contributed by atoms with Crippen molar-refractivity contribution in [2.24, 2.45) is 0 Å². The van der Waals surface area contributed by atoms with E-state index in [0.717, 1.165) is 60.9 Å². The normalized spacial score (nSPS) is 10.8. The molecule has 0 aliphatic heterocycles. The van der Waals surface area contributed by atoms with E-state index < -0.39 is 0 Å². The number of hydrogen-bond donors (Lipinski definition) is 0. The molecule has 0 fully saturated rings. The molecule has 11 aromatic rings. The number of aromatic nitrogens is 1. The number of benzene rings is 10. The second-order valence-corrected chi connectivity index (χ2v) is 17.9. The van der Waals surface area contributed by atoms with Gasteiger partial charge < -0.3 is 14.4 Å². The maximum absolute atomic E-state index is 9.32. The lowest BCUT2D eigenvalue weighted by molar-refractivity contribution is 1.13. The minimum absolute atomic E-state index is 0.643. The third-order valence-corrected chi connectivity index (χ3v) is 12.9. The maximum Gasteiger partial charge on any atom is 0.0991 e. The number of para-hydroxylation sites is 3. The molecule has 72 heavy (non-hydrogen) atoms. The first-order chi connectivity index (χ1) is 35.5. The molecule has 0 amide bonds. The molecule has 0 atom stereocenters. The molecule has 0 N–H and O–H groups in total. The van der Waals surface area contributed by atoms with Crippen LogP contribution in [-0.2, 0) is 0 Å². The van der Waals surface area contributed by atoms with Crippen molar-refractivity contribution < 1.29 is 0 Å². The van der Waals surface area contributed by atoms with Gasteiger partial charge >= 0.3 is 0 Å². The lowest BCUT2D eigenvalue weighted by Gasteiger charge is -2.25. The van der Waals surface area contributed by atoms with E-state index in [1.165, 1.54) is 27.8 Å². The molecule has 5 nitrogen and oxygen atoms in total. The Kier molecular flexibility index (Phi) is 14.1. The molecule has 1 heterocycles. The Labute approximate surface area is 429 Å². The molecular weight excluding hydrogens is 943 g/mol. The molecule has 0 unspecified atom stereocenters. The Morgan fingerprint density at radius 1 is 0.375 bits per heavy atom. The van der Waals surface area contributed by atoms with Gasteiger partial charge in [0, 0.05) is 55.2 Å². The van der Waals surface area contributed by atoms with Crippen LogP contribution in [0.1, 0.15) is 22.3 Å². The molecule has 0 radical (unpaired) electrons. The van der Waals surface area contributed by atoms with Gasteiger partial charge in [-0.1, -0.05) is 168 Å². The molecule has 0 spiro atoms. The highest BCUT2D eigenvalue weighted by molar-refractivity contribution is 9.10. The molecule has 0 saturated carbocycles. The molecular formula is C66H46BrN5. The first-order valence-corrected chi connectivity index (χ1v) is 24.4. The number of nitriles is 2. The first-order valence-electron chi connectivity index (χ1n) is 23.6. The van der Waals surface area contributed by atoms with Gasteiger partial charge in [0.15, 0.2) is 0 Å². The van der Waals surface area contributed by atoms with Crippen LogP contribution in [0.3, 0.4) is 0 Å². The van der Waals surface area contributed by atoms with Crippen LogP contribution >= 0.6 is 15.9 Å². The van der Waals surface area contributed by atoms with Crippen LogP contribution in [0.15, 0.2) is 271 Å². The predicted octanol–water partition coefficient (Wildman–Crippen LogP) is 18.3. The highest BCUT2D eigenvalue weighted by atomic mass is 79.9. The van der Waals surface area contributed by atoms with Crippen molar-refractivity contribution in [3.05, 3.63) is 294 Å². The summed E-state index contributed by atoms with van der Waals surface area (Å²) < 4.78 is 3.45. The number of anilines is 6. The van der Waals surface area contributed by atoms with E-state index in [4.69, 9.17) is 5.26 Å². The highest BCUT2D eigenvalue weighted by Crippen LogP contribution is 2.43. The lowest BCUT2D eigenvalue weighted by Crippen LogP contribution is -2.09. The van der Waals surface area contributed by atoms with E-state index in [1.807, 2.05) is 97.1 Å². The molecule has 10 aromatic carbocycles. The van der Waals surface area contributed by atoms with Gasteiger partial charge in [-0.15, -0.1) is 0 Å². The Balaban J connectivity index is 0.000000226. The van der Waals surface area contributed by atoms with E-state index >= 15 is 0 Å². The lowest BCUT2D eigenvalue weighted by atomic mass is 9.98. The Morgan fingerprint density at radius 3 is 1.22 bits per heavy atom. The van der Waals surface area contributed by atoms with Crippen LogP contribution in [0, 0.1) is 22.7 Å². The highest BCUT2D eigenvalue weighted by Gasteiger charge is 2.21. The fourth-order valence-corrected chi connectivity index (χ4v) is 9.22. The zero-order valence-electron chi connectivity index (χ0n) is 39.2. The van der Waals surface area contributed by atoms with E-state index in [2.05, 4.69) is 224 Å². The third kappa shape index (κ3) is 10.3. The maximum atomic E-state index is 9.32. The molecule has 11 rings (SSSR count). The average Bonchev–Trinajstić information content (AvgIpc) is 3.80. The number of hydrogen-bond acceptors (Lipinski definition) is 4. The summed E-state index contributed by atoms with van der Waals surface area (Å²) in [7, 11) is 0. The summed E-state index contributed by atoms with van der Waals surface area (Å²) >= 11 is 3.47. The van der Waals surface area contributed by atoms with Gasteiger partial charge in [0.1, 0.15) is 0 Å². The molecule has 6 heteroatoms. The third-order valence-electron chi connectivity index (χ3n) is 12.4. The van der Waals surface area contributed by atoms with Crippen LogP contribution in [0.4, 0.5) is 34.1 Å². The topological polar surface area (TPSA) is 59.0 Å². The Morgan fingerprint density at radius 2 is 0.750 bits per heavy atom. The van der Waals surface area contributed by atoms with E-state index in [0.29, 0.717) is 11.1 Å². The summed E-state index contributed by atoms with van der Waals surface area (Å²) in [6, 6.07) is 95.7. The Bertz CT molecular complexity index is 3660. The van der Waals surface area contributed by atoms with Gasteiger partial charge in [0.05, 0.1) is 34.5 Å². The number of nitrogens with zero attached hydrogens (tertiary/aromatic N) is 5. The fourth-order valence-electron chi connectivity index (χ4n) is 8.96. The van der Waals surface area contributed by atoms with Crippen LogP contribution < -0.4 is 9.80 Å². The predicted molar refractivity (Wildman–Crippen MR) is 302 cm³/mol.